The molecule has 0 bridgehead atoms. The van der Waals surface area contributed by atoms with Gasteiger partial charge in [-0.2, -0.15) is 0 Å². The summed E-state index contributed by atoms with van der Waals surface area (Å²) in [4.78, 5) is 4.20. The number of aliphatic hydroxyl groups is 1. The number of nitrogens with zero attached hydrogens (tertiary/aromatic N) is 1. The third-order valence-corrected chi connectivity index (χ3v) is 4.04. The van der Waals surface area contributed by atoms with Crippen LogP contribution in [-0.4, -0.2) is 30.9 Å². The molecule has 0 fully saturated rings. The van der Waals surface area contributed by atoms with E-state index < -0.39 is 9.84 Å². The summed E-state index contributed by atoms with van der Waals surface area (Å²) in [5.74, 6) is 0.0523. The number of hydrogen-bond donors (Lipinski definition) is 2. The minimum absolute atomic E-state index is 0.0160. The molecule has 1 rings (SSSR count). The van der Waals surface area contributed by atoms with Crippen molar-refractivity contribution in [3.05, 3.63) is 24.0 Å². The second-order valence-corrected chi connectivity index (χ2v) is 5.72. The zero-order valence-corrected chi connectivity index (χ0v) is 9.94. The van der Waals surface area contributed by atoms with E-state index in [1.165, 1.54) is 12.3 Å². The highest BCUT2D eigenvalue weighted by Crippen LogP contribution is 2.14. The summed E-state index contributed by atoms with van der Waals surface area (Å²) in [6.07, 6.45) is 1.72. The summed E-state index contributed by atoms with van der Waals surface area (Å²) in [5.41, 5.74) is 6.31. The maximum absolute atomic E-state index is 11.5. The van der Waals surface area contributed by atoms with E-state index in [-0.39, 0.29) is 23.3 Å². The topological polar surface area (TPSA) is 93.3 Å². The number of pyridine rings is 1. The predicted octanol–water partition coefficient (Wildman–Crippen LogP) is 0.257. The van der Waals surface area contributed by atoms with E-state index in [1.54, 1.807) is 13.0 Å². The van der Waals surface area contributed by atoms with Crippen LogP contribution in [0.25, 0.3) is 0 Å². The highest BCUT2D eigenvalue weighted by molar-refractivity contribution is 7.91. The summed E-state index contributed by atoms with van der Waals surface area (Å²) in [6, 6.07) is 2.73. The largest absolute Gasteiger partial charge is 0.396 e. The van der Waals surface area contributed by atoms with Crippen LogP contribution >= 0.6 is 0 Å². The van der Waals surface area contributed by atoms with Crippen molar-refractivity contribution >= 4 is 9.84 Å². The number of nitrogens with two attached hydrogens (primary N) is 1. The van der Waals surface area contributed by atoms with Crippen LogP contribution in [0.1, 0.15) is 25.1 Å². The van der Waals surface area contributed by atoms with Crippen molar-refractivity contribution in [2.24, 2.45) is 5.73 Å². The molecule has 1 aromatic rings. The first-order valence-electron chi connectivity index (χ1n) is 5.06. The molecule has 0 saturated carbocycles. The first-order valence-corrected chi connectivity index (χ1v) is 6.71. The molecule has 0 aliphatic rings. The van der Waals surface area contributed by atoms with E-state index in [4.69, 9.17) is 10.8 Å². The van der Waals surface area contributed by atoms with Gasteiger partial charge in [0.2, 0.25) is 0 Å². The van der Waals surface area contributed by atoms with Crippen molar-refractivity contribution in [3.8, 4) is 0 Å². The molecule has 0 aliphatic carbocycles. The quantitative estimate of drug-likeness (QED) is 0.774. The fourth-order valence-corrected chi connectivity index (χ4v) is 2.07. The Labute approximate surface area is 95.2 Å². The van der Waals surface area contributed by atoms with Crippen molar-refractivity contribution in [3.63, 3.8) is 0 Å². The van der Waals surface area contributed by atoms with Crippen LogP contribution in [0.3, 0.4) is 0 Å². The molecule has 16 heavy (non-hydrogen) atoms. The molecule has 0 aliphatic heterocycles. The lowest BCUT2D eigenvalue weighted by Crippen LogP contribution is -2.14. The molecule has 0 saturated heterocycles. The molecule has 1 atom stereocenters. The SMILES string of the molecule is CCS(=O)(=O)c1ccc([C@@H](N)CCO)nc1. The highest BCUT2D eigenvalue weighted by Gasteiger charge is 2.13. The Kier molecular flexibility index (Phi) is 4.40. The second kappa shape index (κ2) is 5.38. The molecule has 0 aromatic carbocycles. The summed E-state index contributed by atoms with van der Waals surface area (Å²) in [5, 5.41) is 8.72. The van der Waals surface area contributed by atoms with Gasteiger partial charge in [0, 0.05) is 18.8 Å². The maximum atomic E-state index is 11.5. The Hall–Kier alpha value is -0.980. The van der Waals surface area contributed by atoms with E-state index in [0.29, 0.717) is 12.1 Å². The van der Waals surface area contributed by atoms with Crippen LogP contribution in [0, 0.1) is 0 Å². The predicted molar refractivity (Wildman–Crippen MR) is 60.6 cm³/mol. The van der Waals surface area contributed by atoms with Crippen molar-refractivity contribution in [1.29, 1.82) is 0 Å². The van der Waals surface area contributed by atoms with Crippen LogP contribution < -0.4 is 5.73 Å². The molecule has 0 amide bonds. The van der Waals surface area contributed by atoms with Crippen LogP contribution in [-0.2, 0) is 9.84 Å². The molecule has 0 radical (unpaired) electrons. The van der Waals surface area contributed by atoms with Gasteiger partial charge in [-0.3, -0.25) is 4.98 Å². The Bertz CT molecular complexity index is 428. The Morgan fingerprint density at radius 1 is 1.50 bits per heavy atom. The van der Waals surface area contributed by atoms with Gasteiger partial charge in [0.05, 0.1) is 16.3 Å². The van der Waals surface area contributed by atoms with E-state index in [0.717, 1.165) is 0 Å². The van der Waals surface area contributed by atoms with Gasteiger partial charge >= 0.3 is 0 Å². The highest BCUT2D eigenvalue weighted by atomic mass is 32.2. The van der Waals surface area contributed by atoms with Crippen LogP contribution in [0.2, 0.25) is 0 Å². The van der Waals surface area contributed by atoms with Gasteiger partial charge in [0.1, 0.15) is 0 Å². The zero-order chi connectivity index (χ0) is 12.2. The minimum Gasteiger partial charge on any atom is -0.396 e. The number of sulfone groups is 1. The molecular formula is C10H16N2O3S. The summed E-state index contributed by atoms with van der Waals surface area (Å²) >= 11 is 0. The Morgan fingerprint density at radius 3 is 2.62 bits per heavy atom. The van der Waals surface area contributed by atoms with Crippen LogP contribution in [0.15, 0.2) is 23.2 Å². The summed E-state index contributed by atoms with van der Waals surface area (Å²) in [7, 11) is -3.21. The third kappa shape index (κ3) is 3.01. The summed E-state index contributed by atoms with van der Waals surface area (Å²) < 4.78 is 23.0. The van der Waals surface area contributed by atoms with Gasteiger partial charge in [-0.25, -0.2) is 8.42 Å². The smallest absolute Gasteiger partial charge is 0.179 e. The number of hydrogen-bond acceptors (Lipinski definition) is 5. The number of aromatic nitrogens is 1. The molecule has 0 unspecified atom stereocenters. The molecule has 5 nitrogen and oxygen atoms in total. The lowest BCUT2D eigenvalue weighted by atomic mass is 10.1. The Morgan fingerprint density at radius 2 is 2.19 bits per heavy atom. The molecule has 6 heteroatoms. The maximum Gasteiger partial charge on any atom is 0.179 e. The normalized spacial score (nSPS) is 13.7. The monoisotopic (exact) mass is 244 g/mol. The third-order valence-electron chi connectivity index (χ3n) is 2.32. The molecule has 0 spiro atoms. The van der Waals surface area contributed by atoms with Crippen molar-refractivity contribution in [2.75, 3.05) is 12.4 Å². The van der Waals surface area contributed by atoms with Gasteiger partial charge in [0.25, 0.3) is 0 Å². The average molecular weight is 244 g/mol. The first kappa shape index (κ1) is 13.1. The first-order chi connectivity index (χ1) is 7.51. The zero-order valence-electron chi connectivity index (χ0n) is 9.13. The standard InChI is InChI=1S/C10H16N2O3S/c1-2-16(14,15)8-3-4-10(12-7-8)9(11)5-6-13/h3-4,7,9,13H,2,5-6,11H2,1H3/t9-/m0/s1. The lowest BCUT2D eigenvalue weighted by molar-refractivity contribution is 0.275. The fourth-order valence-electron chi connectivity index (χ4n) is 1.25. The Balaban J connectivity index is 2.91. The van der Waals surface area contributed by atoms with E-state index >= 15 is 0 Å². The van der Waals surface area contributed by atoms with Crippen LogP contribution in [0.5, 0.6) is 0 Å². The van der Waals surface area contributed by atoms with Gasteiger partial charge < -0.3 is 10.8 Å². The molecule has 1 heterocycles. The van der Waals surface area contributed by atoms with Gasteiger partial charge in [0.15, 0.2) is 9.84 Å². The summed E-state index contributed by atoms with van der Waals surface area (Å²) in [6.45, 7) is 1.57. The van der Waals surface area contributed by atoms with Gasteiger partial charge in [-0.05, 0) is 18.6 Å². The van der Waals surface area contributed by atoms with E-state index in [1.807, 2.05) is 0 Å². The molecular weight excluding hydrogens is 228 g/mol. The van der Waals surface area contributed by atoms with Crippen molar-refractivity contribution in [1.82, 2.24) is 4.98 Å². The lowest BCUT2D eigenvalue weighted by Gasteiger charge is -2.09. The second-order valence-electron chi connectivity index (χ2n) is 3.44. The van der Waals surface area contributed by atoms with Gasteiger partial charge in [-0.1, -0.05) is 6.92 Å². The van der Waals surface area contributed by atoms with Crippen LogP contribution in [0.4, 0.5) is 0 Å². The fraction of sp³-hybridized carbons (Fsp3) is 0.500. The van der Waals surface area contributed by atoms with Gasteiger partial charge in [-0.15, -0.1) is 0 Å². The minimum atomic E-state index is -3.21. The molecule has 3 N–H and O–H groups in total. The number of rotatable bonds is 5. The van der Waals surface area contributed by atoms with E-state index in [9.17, 15) is 8.42 Å². The molecule has 90 valence electrons. The average Bonchev–Trinajstić information content (AvgIpc) is 2.29. The van der Waals surface area contributed by atoms with E-state index in [2.05, 4.69) is 4.98 Å². The van der Waals surface area contributed by atoms with Crippen molar-refractivity contribution < 1.29 is 13.5 Å². The van der Waals surface area contributed by atoms with Crippen molar-refractivity contribution in [2.45, 2.75) is 24.3 Å². The number of aliphatic hydroxyl groups excluding tert-OH is 1. The molecule has 1 aromatic heterocycles.